The van der Waals surface area contributed by atoms with Gasteiger partial charge in [0.2, 0.25) is 5.91 Å². The van der Waals surface area contributed by atoms with Crippen molar-refractivity contribution in [3.05, 3.63) is 35.9 Å². The van der Waals surface area contributed by atoms with E-state index in [9.17, 15) is 18.0 Å². The first-order valence-corrected chi connectivity index (χ1v) is 6.17. The molecule has 0 fully saturated rings. The Morgan fingerprint density at radius 2 is 2.10 bits per heavy atom. The Morgan fingerprint density at radius 3 is 2.75 bits per heavy atom. The standard InChI is InChI=1S/C12H10F3N3OS/c13-12(14,15)8-3-1-2-7(4-8)9-5-10(18-17-9)16-11(19)6-20/h1-5,20H,6H2,(H2,16,17,18,19). The lowest BCUT2D eigenvalue weighted by atomic mass is 10.1. The number of carbonyl (C=O) groups excluding carboxylic acids is 1. The number of hydrogen-bond donors (Lipinski definition) is 3. The quantitative estimate of drug-likeness (QED) is 0.763. The summed E-state index contributed by atoms with van der Waals surface area (Å²) in [4.78, 5) is 11.1. The normalized spacial score (nSPS) is 11.4. The second-order valence-electron chi connectivity index (χ2n) is 3.95. The van der Waals surface area contributed by atoms with E-state index in [0.717, 1.165) is 12.1 Å². The molecule has 0 saturated carbocycles. The highest BCUT2D eigenvalue weighted by Gasteiger charge is 2.30. The number of alkyl halides is 3. The Bertz CT molecular complexity index is 624. The highest BCUT2D eigenvalue weighted by molar-refractivity contribution is 7.81. The van der Waals surface area contributed by atoms with Crippen molar-refractivity contribution in [1.29, 1.82) is 0 Å². The van der Waals surface area contributed by atoms with Gasteiger partial charge in [0, 0.05) is 11.6 Å². The number of benzene rings is 1. The fourth-order valence-corrected chi connectivity index (χ4v) is 1.66. The molecule has 2 aromatic rings. The van der Waals surface area contributed by atoms with Gasteiger partial charge in [-0.2, -0.15) is 30.9 Å². The number of carbonyl (C=O) groups is 1. The predicted molar refractivity (Wildman–Crippen MR) is 71.5 cm³/mol. The number of anilines is 1. The van der Waals surface area contributed by atoms with Crippen molar-refractivity contribution in [2.45, 2.75) is 6.18 Å². The van der Waals surface area contributed by atoms with Gasteiger partial charge in [0.1, 0.15) is 5.82 Å². The van der Waals surface area contributed by atoms with E-state index in [1.54, 1.807) is 0 Å². The number of aromatic nitrogens is 2. The van der Waals surface area contributed by atoms with E-state index in [4.69, 9.17) is 0 Å². The third-order valence-electron chi connectivity index (χ3n) is 2.48. The van der Waals surface area contributed by atoms with Gasteiger partial charge in [-0.1, -0.05) is 12.1 Å². The van der Waals surface area contributed by atoms with Gasteiger partial charge in [0.25, 0.3) is 0 Å². The molecule has 20 heavy (non-hydrogen) atoms. The Kier molecular flexibility index (Phi) is 4.03. The maximum atomic E-state index is 12.6. The van der Waals surface area contributed by atoms with Crippen molar-refractivity contribution in [3.63, 3.8) is 0 Å². The summed E-state index contributed by atoms with van der Waals surface area (Å²) >= 11 is 3.80. The molecule has 0 aliphatic rings. The molecule has 1 aromatic heterocycles. The summed E-state index contributed by atoms with van der Waals surface area (Å²) in [5, 5.41) is 8.87. The number of thiol groups is 1. The number of nitrogens with zero attached hydrogens (tertiary/aromatic N) is 1. The van der Waals surface area contributed by atoms with Crippen molar-refractivity contribution < 1.29 is 18.0 Å². The molecule has 1 aromatic carbocycles. The molecule has 0 spiro atoms. The molecule has 0 radical (unpaired) electrons. The van der Waals surface area contributed by atoms with Crippen LogP contribution in [0, 0.1) is 0 Å². The van der Waals surface area contributed by atoms with Crippen LogP contribution in [0.25, 0.3) is 11.3 Å². The van der Waals surface area contributed by atoms with Crippen LogP contribution in [0.4, 0.5) is 19.0 Å². The second kappa shape index (κ2) is 5.58. The molecule has 0 aliphatic heterocycles. The summed E-state index contributed by atoms with van der Waals surface area (Å²) in [6, 6.07) is 6.26. The van der Waals surface area contributed by atoms with Crippen molar-refractivity contribution in [1.82, 2.24) is 10.2 Å². The Hall–Kier alpha value is -1.96. The number of H-pyrrole nitrogens is 1. The number of amides is 1. The lowest BCUT2D eigenvalue weighted by Crippen LogP contribution is -2.12. The molecule has 1 amide bonds. The number of aromatic amines is 1. The van der Waals surface area contributed by atoms with Gasteiger partial charge in [0.15, 0.2) is 0 Å². The number of nitrogens with one attached hydrogen (secondary N) is 2. The summed E-state index contributed by atoms with van der Waals surface area (Å²) < 4.78 is 37.8. The molecule has 4 nitrogen and oxygen atoms in total. The molecule has 0 bridgehead atoms. The molecule has 2 N–H and O–H groups in total. The average Bonchev–Trinajstić information content (AvgIpc) is 2.86. The first-order valence-electron chi connectivity index (χ1n) is 5.54. The van der Waals surface area contributed by atoms with E-state index >= 15 is 0 Å². The lowest BCUT2D eigenvalue weighted by molar-refractivity contribution is -0.137. The van der Waals surface area contributed by atoms with Crippen molar-refractivity contribution in [3.8, 4) is 11.3 Å². The van der Waals surface area contributed by atoms with Crippen LogP contribution in [0.2, 0.25) is 0 Å². The minimum Gasteiger partial charge on any atom is -0.310 e. The minimum absolute atomic E-state index is 0.00207. The average molecular weight is 301 g/mol. The Balaban J connectivity index is 2.26. The van der Waals surface area contributed by atoms with E-state index in [2.05, 4.69) is 28.1 Å². The molecular weight excluding hydrogens is 291 g/mol. The SMILES string of the molecule is O=C(CS)Nc1cc(-c2cccc(C(F)(F)F)c2)n[nH]1. The van der Waals surface area contributed by atoms with Crippen LogP contribution in [0.5, 0.6) is 0 Å². The maximum absolute atomic E-state index is 12.6. The highest BCUT2D eigenvalue weighted by atomic mass is 32.1. The molecule has 8 heteroatoms. The van der Waals surface area contributed by atoms with Crippen LogP contribution in [0.3, 0.4) is 0 Å². The lowest BCUT2D eigenvalue weighted by Gasteiger charge is -2.07. The molecule has 1 heterocycles. The third kappa shape index (κ3) is 3.32. The van der Waals surface area contributed by atoms with E-state index < -0.39 is 11.7 Å². The maximum Gasteiger partial charge on any atom is 0.416 e. The summed E-state index contributed by atoms with van der Waals surface area (Å²) in [5.41, 5.74) is -0.132. The minimum atomic E-state index is -4.41. The zero-order valence-corrected chi connectivity index (χ0v) is 10.9. The van der Waals surface area contributed by atoms with Gasteiger partial charge in [-0.05, 0) is 12.1 Å². The van der Waals surface area contributed by atoms with Crippen molar-refractivity contribution >= 4 is 24.4 Å². The largest absolute Gasteiger partial charge is 0.416 e. The first kappa shape index (κ1) is 14.4. The molecule has 0 saturated heterocycles. The predicted octanol–water partition coefficient (Wildman–Crippen LogP) is 2.96. The van der Waals surface area contributed by atoms with Crippen LogP contribution >= 0.6 is 12.6 Å². The van der Waals surface area contributed by atoms with E-state index in [1.807, 2.05) is 0 Å². The van der Waals surface area contributed by atoms with Gasteiger partial charge >= 0.3 is 6.18 Å². The van der Waals surface area contributed by atoms with Crippen LogP contribution in [-0.4, -0.2) is 21.9 Å². The molecule has 2 rings (SSSR count). The van der Waals surface area contributed by atoms with Gasteiger partial charge in [-0.15, -0.1) is 0 Å². The zero-order valence-electron chi connectivity index (χ0n) is 10.0. The highest BCUT2D eigenvalue weighted by Crippen LogP contribution is 2.32. The number of halogens is 3. The molecule has 0 unspecified atom stereocenters. The fraction of sp³-hybridized carbons (Fsp3) is 0.167. The summed E-state index contributed by atoms with van der Waals surface area (Å²) in [6.07, 6.45) is -4.41. The molecular formula is C12H10F3N3OS. The van der Waals surface area contributed by atoms with E-state index in [-0.39, 0.29) is 11.7 Å². The van der Waals surface area contributed by atoms with E-state index in [0.29, 0.717) is 17.1 Å². The van der Waals surface area contributed by atoms with Crippen LogP contribution in [-0.2, 0) is 11.0 Å². The number of hydrogen-bond acceptors (Lipinski definition) is 3. The molecule has 0 aliphatic carbocycles. The summed E-state index contributed by atoms with van der Waals surface area (Å²) in [7, 11) is 0. The van der Waals surface area contributed by atoms with Gasteiger partial charge in [-0.3, -0.25) is 9.89 Å². The third-order valence-corrected chi connectivity index (χ3v) is 2.77. The topological polar surface area (TPSA) is 57.8 Å². The van der Waals surface area contributed by atoms with Gasteiger partial charge < -0.3 is 5.32 Å². The van der Waals surface area contributed by atoms with Crippen LogP contribution in [0.1, 0.15) is 5.56 Å². The molecule has 0 atom stereocenters. The van der Waals surface area contributed by atoms with Gasteiger partial charge in [0.05, 0.1) is 17.0 Å². The first-order chi connectivity index (χ1) is 9.40. The summed E-state index contributed by atoms with van der Waals surface area (Å²) in [6.45, 7) is 0. The van der Waals surface area contributed by atoms with Crippen LogP contribution < -0.4 is 5.32 Å². The molecule has 106 valence electrons. The zero-order chi connectivity index (χ0) is 14.8. The monoisotopic (exact) mass is 301 g/mol. The second-order valence-corrected chi connectivity index (χ2v) is 4.27. The number of rotatable bonds is 3. The Labute approximate surface area is 117 Å². The summed E-state index contributed by atoms with van der Waals surface area (Å²) in [5.74, 6) is -0.0400. The smallest absolute Gasteiger partial charge is 0.310 e. The van der Waals surface area contributed by atoms with Crippen molar-refractivity contribution in [2.75, 3.05) is 11.1 Å². The fourth-order valence-electron chi connectivity index (χ4n) is 1.58. The van der Waals surface area contributed by atoms with Crippen LogP contribution in [0.15, 0.2) is 30.3 Å². The van der Waals surface area contributed by atoms with Gasteiger partial charge in [-0.25, -0.2) is 0 Å². The van der Waals surface area contributed by atoms with Crippen molar-refractivity contribution in [2.24, 2.45) is 0 Å². The van der Waals surface area contributed by atoms with E-state index in [1.165, 1.54) is 18.2 Å². The Morgan fingerprint density at radius 1 is 1.35 bits per heavy atom.